The predicted molar refractivity (Wildman–Crippen MR) is 132 cm³/mol. The van der Waals surface area contributed by atoms with Crippen molar-refractivity contribution in [3.8, 4) is 5.69 Å². The van der Waals surface area contributed by atoms with Crippen LogP contribution in [0.5, 0.6) is 0 Å². The Morgan fingerprint density at radius 1 is 1.13 bits per heavy atom. The van der Waals surface area contributed by atoms with Crippen molar-refractivity contribution in [1.29, 1.82) is 0 Å². The molecule has 0 radical (unpaired) electrons. The van der Waals surface area contributed by atoms with E-state index in [2.05, 4.69) is 50.6 Å². The van der Waals surface area contributed by atoms with Crippen LogP contribution in [0.4, 0.5) is 0 Å². The minimum Gasteiger partial charge on any atom is -0.469 e. The lowest BCUT2D eigenvalue weighted by molar-refractivity contribution is -0.140. The van der Waals surface area contributed by atoms with Crippen LogP contribution in [-0.2, 0) is 16.1 Å². The average molecular weight is 527 g/mol. The predicted octanol–water partition coefficient (Wildman–Crippen LogP) is 3.90. The second-order valence-corrected chi connectivity index (χ2v) is 7.06. The molecule has 30 heavy (non-hydrogen) atoms. The number of aliphatic imine (C=N–C) groups is 1. The van der Waals surface area contributed by atoms with Crippen LogP contribution in [0.2, 0.25) is 0 Å². The molecule has 0 bridgehead atoms. The van der Waals surface area contributed by atoms with Crippen molar-refractivity contribution in [1.82, 2.24) is 20.4 Å². The van der Waals surface area contributed by atoms with Crippen molar-refractivity contribution < 1.29 is 9.53 Å². The summed E-state index contributed by atoms with van der Waals surface area (Å²) < 4.78 is 6.63. The summed E-state index contributed by atoms with van der Waals surface area (Å²) in [5, 5.41) is 11.3. The van der Waals surface area contributed by atoms with Gasteiger partial charge in [-0.2, -0.15) is 5.10 Å². The lowest BCUT2D eigenvalue weighted by Gasteiger charge is -2.15. The molecule has 2 aromatic rings. The van der Waals surface area contributed by atoms with Gasteiger partial charge in [-0.25, -0.2) is 4.68 Å². The third-order valence-corrected chi connectivity index (χ3v) is 4.73. The number of carbonyl (C=O) groups is 1. The first-order chi connectivity index (χ1) is 14.0. The van der Waals surface area contributed by atoms with Crippen molar-refractivity contribution in [2.45, 2.75) is 52.5 Å². The molecule has 0 atom stereocenters. The molecule has 0 aliphatic rings. The Morgan fingerprint density at radius 2 is 1.87 bits per heavy atom. The number of nitrogens with zero attached hydrogens (tertiary/aromatic N) is 3. The minimum atomic E-state index is -0.131. The number of aromatic nitrogens is 2. The monoisotopic (exact) mass is 527 g/mol. The van der Waals surface area contributed by atoms with Gasteiger partial charge in [-0.15, -0.1) is 24.0 Å². The normalized spacial score (nSPS) is 11.0. The molecule has 0 unspecified atom stereocenters. The number of rotatable bonds is 10. The van der Waals surface area contributed by atoms with Gasteiger partial charge in [0.2, 0.25) is 0 Å². The fourth-order valence-electron chi connectivity index (χ4n) is 3.20. The van der Waals surface area contributed by atoms with Crippen molar-refractivity contribution in [3.63, 3.8) is 0 Å². The Kier molecular flexibility index (Phi) is 12.1. The van der Waals surface area contributed by atoms with Gasteiger partial charge >= 0.3 is 5.97 Å². The Morgan fingerprint density at radius 3 is 2.53 bits per heavy atom. The van der Waals surface area contributed by atoms with Crippen molar-refractivity contribution in [2.24, 2.45) is 4.99 Å². The lowest BCUT2D eigenvalue weighted by atomic mass is 10.1. The molecule has 0 aliphatic heterocycles. The molecule has 166 valence electrons. The van der Waals surface area contributed by atoms with E-state index in [1.807, 2.05) is 23.7 Å². The standard InChI is InChI=1S/C22H33N5O2.HI/c1-17-15-18(2)27(26-17)20-12-9-8-11-19(20)16-25-22(23-3)24-14-10-6-5-7-13-21(28)29-4;/h8-9,11-12,15H,5-7,10,13-14,16H2,1-4H3,(H2,23,24,25);1H. The van der Waals surface area contributed by atoms with Crippen molar-refractivity contribution in [2.75, 3.05) is 20.7 Å². The summed E-state index contributed by atoms with van der Waals surface area (Å²) in [7, 11) is 3.21. The Balaban J connectivity index is 0.00000450. The highest BCUT2D eigenvalue weighted by molar-refractivity contribution is 14.0. The zero-order valence-corrected chi connectivity index (χ0v) is 20.7. The molecule has 1 heterocycles. The van der Waals surface area contributed by atoms with Crippen molar-refractivity contribution in [3.05, 3.63) is 47.3 Å². The highest BCUT2D eigenvalue weighted by atomic mass is 127. The van der Waals surface area contributed by atoms with E-state index in [-0.39, 0.29) is 29.9 Å². The minimum absolute atomic E-state index is 0. The molecule has 0 saturated carbocycles. The summed E-state index contributed by atoms with van der Waals surface area (Å²) in [4.78, 5) is 15.4. The van der Waals surface area contributed by atoms with Crippen LogP contribution in [0.3, 0.4) is 0 Å². The van der Waals surface area contributed by atoms with Crippen LogP contribution in [0.25, 0.3) is 5.69 Å². The van der Waals surface area contributed by atoms with E-state index in [0.717, 1.165) is 60.8 Å². The topological polar surface area (TPSA) is 80.5 Å². The number of nitrogens with one attached hydrogen (secondary N) is 2. The number of unbranched alkanes of at least 4 members (excludes halogenated alkanes) is 3. The van der Waals surface area contributed by atoms with E-state index >= 15 is 0 Å². The number of hydrogen-bond donors (Lipinski definition) is 2. The van der Waals surface area contributed by atoms with Crippen LogP contribution in [0, 0.1) is 13.8 Å². The number of guanidine groups is 1. The smallest absolute Gasteiger partial charge is 0.305 e. The average Bonchev–Trinajstić information content (AvgIpc) is 3.07. The van der Waals surface area contributed by atoms with Gasteiger partial charge in [-0.05, 0) is 44.4 Å². The Bertz CT molecular complexity index is 820. The number of methoxy groups -OCH3 is 1. The Hall–Kier alpha value is -2.10. The molecule has 1 aromatic heterocycles. The Labute approximate surface area is 196 Å². The fraction of sp³-hybridized carbons (Fsp3) is 0.500. The van der Waals surface area contributed by atoms with Gasteiger partial charge < -0.3 is 15.4 Å². The molecule has 0 spiro atoms. The first-order valence-electron chi connectivity index (χ1n) is 10.2. The van der Waals surface area contributed by atoms with E-state index in [1.165, 1.54) is 7.11 Å². The number of benzene rings is 1. The molecule has 7 nitrogen and oxygen atoms in total. The third-order valence-electron chi connectivity index (χ3n) is 4.73. The van der Waals surface area contributed by atoms with Gasteiger partial charge in [0, 0.05) is 32.3 Å². The maximum atomic E-state index is 11.1. The van der Waals surface area contributed by atoms with E-state index in [1.54, 1.807) is 7.05 Å². The molecule has 0 saturated heterocycles. The van der Waals surface area contributed by atoms with Gasteiger partial charge in [0.25, 0.3) is 0 Å². The zero-order valence-electron chi connectivity index (χ0n) is 18.4. The highest BCUT2D eigenvalue weighted by Crippen LogP contribution is 2.16. The number of hydrogen-bond acceptors (Lipinski definition) is 4. The third kappa shape index (κ3) is 8.33. The molecular formula is C22H34IN5O2. The molecule has 8 heteroatoms. The summed E-state index contributed by atoms with van der Waals surface area (Å²) in [5.41, 5.74) is 4.36. The van der Waals surface area contributed by atoms with Crippen LogP contribution in [-0.4, -0.2) is 42.4 Å². The maximum Gasteiger partial charge on any atom is 0.305 e. The summed E-state index contributed by atoms with van der Waals surface area (Å²) in [6.45, 7) is 5.58. The van der Waals surface area contributed by atoms with Gasteiger partial charge in [0.1, 0.15) is 0 Å². The highest BCUT2D eigenvalue weighted by Gasteiger charge is 2.09. The molecule has 0 amide bonds. The summed E-state index contributed by atoms with van der Waals surface area (Å²) >= 11 is 0. The molecule has 2 N–H and O–H groups in total. The van der Waals surface area contributed by atoms with E-state index in [9.17, 15) is 4.79 Å². The second kappa shape index (κ2) is 14.0. The second-order valence-electron chi connectivity index (χ2n) is 7.06. The lowest BCUT2D eigenvalue weighted by Crippen LogP contribution is -2.37. The van der Waals surface area contributed by atoms with E-state index in [0.29, 0.717) is 13.0 Å². The first kappa shape index (κ1) is 25.9. The van der Waals surface area contributed by atoms with Crippen molar-refractivity contribution >= 4 is 35.9 Å². The summed E-state index contributed by atoms with van der Waals surface area (Å²) in [5.74, 6) is 0.649. The summed E-state index contributed by atoms with van der Waals surface area (Å²) in [6, 6.07) is 10.3. The van der Waals surface area contributed by atoms with Crippen LogP contribution in [0.15, 0.2) is 35.3 Å². The molecule has 0 fully saturated rings. The number of ether oxygens (including phenoxy) is 1. The number of aryl methyl sites for hydroxylation is 2. The van der Waals surface area contributed by atoms with Crippen LogP contribution in [0.1, 0.15) is 49.1 Å². The first-order valence-corrected chi connectivity index (χ1v) is 10.2. The van der Waals surface area contributed by atoms with Gasteiger partial charge in [-0.3, -0.25) is 9.79 Å². The molecule has 0 aliphatic carbocycles. The van der Waals surface area contributed by atoms with Gasteiger partial charge in [-0.1, -0.05) is 31.0 Å². The SMILES string of the molecule is CN=C(NCCCCCCC(=O)OC)NCc1ccccc1-n1nc(C)cc1C.I. The van der Waals surface area contributed by atoms with E-state index < -0.39 is 0 Å². The quantitative estimate of drug-likeness (QED) is 0.161. The fourth-order valence-corrected chi connectivity index (χ4v) is 3.20. The summed E-state index contributed by atoms with van der Waals surface area (Å²) in [6.07, 6.45) is 4.51. The largest absolute Gasteiger partial charge is 0.469 e. The molecule has 2 rings (SSSR count). The molecular weight excluding hydrogens is 493 g/mol. The van der Waals surface area contributed by atoms with Gasteiger partial charge in [0.15, 0.2) is 5.96 Å². The van der Waals surface area contributed by atoms with Gasteiger partial charge in [0.05, 0.1) is 18.5 Å². The number of carbonyl (C=O) groups excluding carboxylic acids is 1. The number of para-hydroxylation sites is 1. The van der Waals surface area contributed by atoms with E-state index in [4.69, 9.17) is 0 Å². The van der Waals surface area contributed by atoms with Crippen LogP contribution < -0.4 is 10.6 Å². The number of esters is 1. The number of halogens is 1. The zero-order chi connectivity index (χ0) is 21.1. The van der Waals surface area contributed by atoms with Crippen LogP contribution >= 0.6 is 24.0 Å². The maximum absolute atomic E-state index is 11.1. The molecule has 1 aromatic carbocycles.